The number of nitrogens with zero attached hydrogens (tertiary/aromatic N) is 2. The van der Waals surface area contributed by atoms with Crippen molar-refractivity contribution in [3.05, 3.63) is 54.3 Å². The fourth-order valence-electron chi connectivity index (χ4n) is 3.67. The molecule has 0 atom stereocenters. The molecular weight excluding hydrogens is 345 g/mol. The molecule has 138 valence electrons. The third kappa shape index (κ3) is 3.30. The fraction of sp³-hybridized carbons (Fsp3) is 0.238. The Hall–Kier alpha value is -3.15. The molecule has 2 aromatic carbocycles. The molecule has 0 aliphatic carbocycles. The number of halogens is 1. The van der Waals surface area contributed by atoms with Gasteiger partial charge in [-0.05, 0) is 49.2 Å². The second-order valence-electron chi connectivity index (χ2n) is 6.87. The molecule has 1 aliphatic rings. The molecule has 2 heterocycles. The average molecular weight is 365 g/mol. The summed E-state index contributed by atoms with van der Waals surface area (Å²) >= 11 is 0. The zero-order valence-corrected chi connectivity index (χ0v) is 14.7. The lowest BCUT2D eigenvalue weighted by Crippen LogP contribution is -2.38. The molecule has 4 rings (SSSR count). The number of amides is 1. The van der Waals surface area contributed by atoms with Crippen LogP contribution in [-0.4, -0.2) is 29.1 Å². The number of phenols is 1. The maximum atomic E-state index is 13.9. The number of rotatable bonds is 3. The number of piperidine rings is 1. The van der Waals surface area contributed by atoms with Crippen LogP contribution in [0.1, 0.15) is 12.8 Å². The molecule has 1 saturated heterocycles. The smallest absolute Gasteiger partial charge is 0.220 e. The Morgan fingerprint density at radius 1 is 1.15 bits per heavy atom. The van der Waals surface area contributed by atoms with E-state index in [4.69, 9.17) is 5.73 Å². The number of anilines is 1. The number of pyridine rings is 1. The van der Waals surface area contributed by atoms with Crippen molar-refractivity contribution in [3.63, 3.8) is 0 Å². The summed E-state index contributed by atoms with van der Waals surface area (Å²) < 4.78 is 13.9. The summed E-state index contributed by atoms with van der Waals surface area (Å²) in [6, 6.07) is 13.4. The number of fused-ring (bicyclic) bond motifs is 1. The molecule has 6 heteroatoms. The maximum absolute atomic E-state index is 13.9. The first-order valence-corrected chi connectivity index (χ1v) is 8.96. The largest absolute Gasteiger partial charge is 0.507 e. The van der Waals surface area contributed by atoms with E-state index in [-0.39, 0.29) is 23.4 Å². The van der Waals surface area contributed by atoms with Gasteiger partial charge in [-0.3, -0.25) is 4.79 Å². The summed E-state index contributed by atoms with van der Waals surface area (Å²) in [5, 5.41) is 10.9. The lowest BCUT2D eigenvalue weighted by Gasteiger charge is -2.33. The molecule has 5 nitrogen and oxygen atoms in total. The van der Waals surface area contributed by atoms with Crippen LogP contribution < -0.4 is 10.6 Å². The number of primary amides is 1. The highest BCUT2D eigenvalue weighted by atomic mass is 19.1. The van der Waals surface area contributed by atoms with Gasteiger partial charge in [0.25, 0.3) is 0 Å². The third-order valence-electron chi connectivity index (χ3n) is 5.17. The zero-order valence-electron chi connectivity index (χ0n) is 14.7. The Kier molecular flexibility index (Phi) is 4.39. The number of aromatic nitrogens is 1. The second kappa shape index (κ2) is 6.87. The Morgan fingerprint density at radius 3 is 2.59 bits per heavy atom. The van der Waals surface area contributed by atoms with Crippen molar-refractivity contribution in [2.24, 2.45) is 11.7 Å². The van der Waals surface area contributed by atoms with Crippen LogP contribution in [0.4, 0.5) is 10.1 Å². The van der Waals surface area contributed by atoms with Gasteiger partial charge in [0.05, 0.1) is 11.2 Å². The molecule has 1 fully saturated rings. The molecule has 3 aromatic rings. The van der Waals surface area contributed by atoms with Gasteiger partial charge in [-0.2, -0.15) is 0 Å². The topological polar surface area (TPSA) is 79.5 Å². The van der Waals surface area contributed by atoms with Crippen LogP contribution in [0.25, 0.3) is 22.2 Å². The monoisotopic (exact) mass is 365 g/mol. The highest BCUT2D eigenvalue weighted by Gasteiger charge is 2.25. The van der Waals surface area contributed by atoms with Crippen molar-refractivity contribution in [1.82, 2.24) is 4.98 Å². The first kappa shape index (κ1) is 17.3. The SMILES string of the molecule is NC(=O)C1CCN(c2cc(-c3ccccc3O)nc3ccc(F)cc23)CC1. The molecule has 0 bridgehead atoms. The highest BCUT2D eigenvalue weighted by Crippen LogP contribution is 2.36. The van der Waals surface area contributed by atoms with Crippen molar-refractivity contribution >= 4 is 22.5 Å². The number of benzene rings is 2. The summed E-state index contributed by atoms with van der Waals surface area (Å²) in [4.78, 5) is 18.2. The van der Waals surface area contributed by atoms with E-state index in [0.29, 0.717) is 48.1 Å². The standard InChI is InChI=1S/C21H20FN3O2/c22-14-5-6-17-16(11-14)19(25-9-7-13(8-10-25)21(23)27)12-18(24-17)15-3-1-2-4-20(15)26/h1-6,11-13,26H,7-10H2,(H2,23,27). The quantitative estimate of drug-likeness (QED) is 0.745. The molecule has 0 radical (unpaired) electrons. The van der Waals surface area contributed by atoms with Crippen molar-refractivity contribution in [1.29, 1.82) is 0 Å². The predicted molar refractivity (Wildman–Crippen MR) is 103 cm³/mol. The second-order valence-corrected chi connectivity index (χ2v) is 6.87. The highest BCUT2D eigenvalue weighted by molar-refractivity contribution is 5.95. The molecule has 1 amide bonds. The maximum Gasteiger partial charge on any atom is 0.220 e. The number of phenolic OH excluding ortho intramolecular Hbond substituents is 1. The van der Waals surface area contributed by atoms with E-state index >= 15 is 0 Å². The average Bonchev–Trinajstić information content (AvgIpc) is 2.68. The first-order chi connectivity index (χ1) is 13.0. The number of hydrogen-bond acceptors (Lipinski definition) is 4. The van der Waals surface area contributed by atoms with Gasteiger partial charge in [-0.15, -0.1) is 0 Å². The minimum atomic E-state index is -0.326. The van der Waals surface area contributed by atoms with E-state index in [1.807, 2.05) is 12.1 Å². The number of carbonyl (C=O) groups is 1. The van der Waals surface area contributed by atoms with Gasteiger partial charge in [0.15, 0.2) is 0 Å². The summed E-state index contributed by atoms with van der Waals surface area (Å²) in [5.74, 6) is -0.573. The van der Waals surface area contributed by atoms with Crippen molar-refractivity contribution in [3.8, 4) is 17.0 Å². The Morgan fingerprint density at radius 2 is 1.89 bits per heavy atom. The van der Waals surface area contributed by atoms with Gasteiger partial charge in [-0.1, -0.05) is 12.1 Å². The molecule has 0 saturated carbocycles. The molecule has 1 aromatic heterocycles. The summed E-state index contributed by atoms with van der Waals surface area (Å²) in [6.45, 7) is 1.31. The van der Waals surface area contributed by atoms with E-state index < -0.39 is 0 Å². The van der Waals surface area contributed by atoms with E-state index in [9.17, 15) is 14.3 Å². The minimum Gasteiger partial charge on any atom is -0.507 e. The van der Waals surface area contributed by atoms with Gasteiger partial charge >= 0.3 is 0 Å². The van der Waals surface area contributed by atoms with Crippen molar-refractivity contribution in [2.45, 2.75) is 12.8 Å². The van der Waals surface area contributed by atoms with E-state index in [0.717, 1.165) is 5.69 Å². The van der Waals surface area contributed by atoms with Crippen LogP contribution in [0.3, 0.4) is 0 Å². The number of aromatic hydroxyl groups is 1. The van der Waals surface area contributed by atoms with Gasteiger partial charge in [0.1, 0.15) is 11.6 Å². The Labute approximate surface area is 156 Å². The molecule has 1 aliphatic heterocycles. The van der Waals surface area contributed by atoms with E-state index in [1.54, 1.807) is 24.3 Å². The summed E-state index contributed by atoms with van der Waals surface area (Å²) in [6.07, 6.45) is 1.33. The Balaban J connectivity index is 1.82. The molecule has 27 heavy (non-hydrogen) atoms. The van der Waals surface area contributed by atoms with Gasteiger partial charge in [0, 0.05) is 35.6 Å². The predicted octanol–water partition coefficient (Wildman–Crippen LogP) is 3.45. The van der Waals surface area contributed by atoms with Crippen LogP contribution in [0, 0.1) is 11.7 Å². The lowest BCUT2D eigenvalue weighted by atomic mass is 9.95. The molecule has 3 N–H and O–H groups in total. The van der Waals surface area contributed by atoms with Gasteiger partial charge < -0.3 is 15.7 Å². The number of hydrogen-bond donors (Lipinski definition) is 2. The van der Waals surface area contributed by atoms with Crippen LogP contribution in [0.2, 0.25) is 0 Å². The van der Waals surface area contributed by atoms with E-state index in [1.165, 1.54) is 12.1 Å². The van der Waals surface area contributed by atoms with Crippen molar-refractivity contribution in [2.75, 3.05) is 18.0 Å². The fourth-order valence-corrected chi connectivity index (χ4v) is 3.67. The van der Waals surface area contributed by atoms with Gasteiger partial charge in [0.2, 0.25) is 5.91 Å². The number of para-hydroxylation sites is 1. The molecule has 0 unspecified atom stereocenters. The minimum absolute atomic E-state index is 0.122. The van der Waals surface area contributed by atoms with Crippen LogP contribution in [-0.2, 0) is 4.79 Å². The normalized spacial score (nSPS) is 15.2. The van der Waals surface area contributed by atoms with Gasteiger partial charge in [-0.25, -0.2) is 9.37 Å². The summed E-state index contributed by atoms with van der Waals surface area (Å²) in [5.41, 5.74) is 8.18. The first-order valence-electron chi connectivity index (χ1n) is 8.96. The Bertz CT molecular complexity index is 1010. The van der Waals surface area contributed by atoms with Crippen LogP contribution >= 0.6 is 0 Å². The van der Waals surface area contributed by atoms with Crippen LogP contribution in [0.5, 0.6) is 5.75 Å². The molecular formula is C21H20FN3O2. The third-order valence-corrected chi connectivity index (χ3v) is 5.17. The number of nitrogens with two attached hydrogens (primary N) is 1. The lowest BCUT2D eigenvalue weighted by molar-refractivity contribution is -0.122. The van der Waals surface area contributed by atoms with Crippen LogP contribution in [0.15, 0.2) is 48.5 Å². The zero-order chi connectivity index (χ0) is 19.0. The molecule has 0 spiro atoms. The summed E-state index contributed by atoms with van der Waals surface area (Å²) in [7, 11) is 0. The number of carbonyl (C=O) groups excluding carboxylic acids is 1. The van der Waals surface area contributed by atoms with E-state index in [2.05, 4.69) is 9.88 Å². The van der Waals surface area contributed by atoms with Crippen molar-refractivity contribution < 1.29 is 14.3 Å².